The lowest BCUT2D eigenvalue weighted by Gasteiger charge is -2.33. The molecule has 1 aromatic heterocycles. The van der Waals surface area contributed by atoms with Crippen LogP contribution in [0.2, 0.25) is 5.02 Å². The molecule has 3 aromatic rings. The molecule has 0 N–H and O–H groups in total. The number of piperidine rings is 1. The fraction of sp³-hybridized carbons (Fsp3) is 0.333. The molecular formula is C24H24ClN3O3. The van der Waals surface area contributed by atoms with E-state index < -0.39 is 0 Å². The molecule has 1 aliphatic heterocycles. The Labute approximate surface area is 186 Å². The summed E-state index contributed by atoms with van der Waals surface area (Å²) < 4.78 is 12.9. The summed E-state index contributed by atoms with van der Waals surface area (Å²) >= 11 is 6.12. The van der Waals surface area contributed by atoms with Gasteiger partial charge in [-0.3, -0.25) is 4.79 Å². The summed E-state index contributed by atoms with van der Waals surface area (Å²) in [6.07, 6.45) is 1.62. The number of halogens is 1. The molecule has 0 atom stereocenters. The Hall–Kier alpha value is -3.17. The summed E-state index contributed by atoms with van der Waals surface area (Å²) in [6.45, 7) is 1.36. The third-order valence-corrected chi connectivity index (χ3v) is 6.20. The number of hydrogen-bond donors (Lipinski definition) is 0. The summed E-state index contributed by atoms with van der Waals surface area (Å²) in [5.74, 6) is 1.82. The quantitative estimate of drug-likeness (QED) is 0.572. The van der Waals surface area contributed by atoms with Crippen LogP contribution < -0.4 is 9.47 Å². The van der Waals surface area contributed by atoms with Gasteiger partial charge < -0.3 is 18.9 Å². The Morgan fingerprint density at radius 1 is 1.13 bits per heavy atom. The van der Waals surface area contributed by atoms with Crippen LogP contribution in [0.4, 0.5) is 0 Å². The molecule has 0 bridgehead atoms. The zero-order valence-corrected chi connectivity index (χ0v) is 18.4. The summed E-state index contributed by atoms with van der Waals surface area (Å²) in [4.78, 5) is 15.2. The number of nitrogens with zero attached hydrogens (tertiary/aromatic N) is 3. The number of hydrogen-bond acceptors (Lipinski definition) is 4. The highest BCUT2D eigenvalue weighted by atomic mass is 35.5. The number of nitriles is 1. The topological polar surface area (TPSA) is 67.5 Å². The van der Waals surface area contributed by atoms with E-state index in [2.05, 4.69) is 6.07 Å². The van der Waals surface area contributed by atoms with Gasteiger partial charge in [0, 0.05) is 34.6 Å². The van der Waals surface area contributed by atoms with E-state index in [9.17, 15) is 10.1 Å². The Balaban J connectivity index is 1.57. The lowest BCUT2D eigenvalue weighted by molar-refractivity contribution is 0.0702. The van der Waals surface area contributed by atoms with Gasteiger partial charge in [-0.15, -0.1) is 0 Å². The molecule has 1 fully saturated rings. The first-order chi connectivity index (χ1) is 15.1. The maximum Gasteiger partial charge on any atom is 0.270 e. The van der Waals surface area contributed by atoms with Crippen molar-refractivity contribution in [1.29, 1.82) is 5.26 Å². The van der Waals surface area contributed by atoms with Crippen LogP contribution in [0.15, 0.2) is 42.5 Å². The Kier molecular flexibility index (Phi) is 6.06. The van der Waals surface area contributed by atoms with E-state index in [0.717, 1.165) is 40.8 Å². The van der Waals surface area contributed by atoms with Crippen molar-refractivity contribution in [2.45, 2.75) is 25.3 Å². The first-order valence-corrected chi connectivity index (χ1v) is 10.6. The van der Waals surface area contributed by atoms with Gasteiger partial charge in [-0.05, 0) is 55.2 Å². The number of ether oxygens (including phenoxy) is 2. The van der Waals surface area contributed by atoms with Crippen molar-refractivity contribution in [3.63, 3.8) is 0 Å². The van der Waals surface area contributed by atoms with E-state index in [-0.39, 0.29) is 18.4 Å². The lowest BCUT2D eigenvalue weighted by Crippen LogP contribution is -2.39. The molecular weight excluding hydrogens is 414 g/mol. The highest BCUT2D eigenvalue weighted by molar-refractivity contribution is 6.31. The molecule has 2 heterocycles. The summed E-state index contributed by atoms with van der Waals surface area (Å²) in [5.41, 5.74) is 2.42. The van der Waals surface area contributed by atoms with Crippen molar-refractivity contribution in [2.75, 3.05) is 27.3 Å². The Bertz CT molecular complexity index is 1130. The molecule has 7 heteroatoms. The Morgan fingerprint density at radius 3 is 2.42 bits per heavy atom. The number of carbonyl (C=O) groups excluding carboxylic acids is 1. The molecule has 1 aliphatic rings. The molecule has 0 aliphatic carbocycles. The number of rotatable bonds is 5. The van der Waals surface area contributed by atoms with Crippen molar-refractivity contribution >= 4 is 28.4 Å². The van der Waals surface area contributed by atoms with Gasteiger partial charge in [-0.1, -0.05) is 17.7 Å². The highest BCUT2D eigenvalue weighted by Crippen LogP contribution is 2.40. The zero-order chi connectivity index (χ0) is 22.0. The summed E-state index contributed by atoms with van der Waals surface area (Å²) in [5, 5.41) is 10.7. The first kappa shape index (κ1) is 21.1. The SMILES string of the molecule is COc1cccc(OC)c1C1CCN(C(=O)c2cc3cc(Cl)ccc3n2CC#N)CC1. The molecule has 31 heavy (non-hydrogen) atoms. The van der Waals surface area contributed by atoms with Crippen LogP contribution in [0.5, 0.6) is 11.5 Å². The van der Waals surface area contributed by atoms with Gasteiger partial charge in [-0.2, -0.15) is 5.26 Å². The van der Waals surface area contributed by atoms with Crippen LogP contribution in [0.1, 0.15) is 34.8 Å². The van der Waals surface area contributed by atoms with Gasteiger partial charge in [0.25, 0.3) is 5.91 Å². The second-order valence-corrected chi connectivity index (χ2v) is 8.06. The van der Waals surface area contributed by atoms with E-state index >= 15 is 0 Å². The minimum Gasteiger partial charge on any atom is -0.496 e. The van der Waals surface area contributed by atoms with E-state index in [1.165, 1.54) is 0 Å². The van der Waals surface area contributed by atoms with Crippen LogP contribution in [0.3, 0.4) is 0 Å². The van der Waals surface area contributed by atoms with Gasteiger partial charge in [-0.25, -0.2) is 0 Å². The largest absolute Gasteiger partial charge is 0.496 e. The number of benzene rings is 2. The second kappa shape index (κ2) is 8.91. The van der Waals surface area contributed by atoms with Gasteiger partial charge >= 0.3 is 0 Å². The van der Waals surface area contributed by atoms with Gasteiger partial charge in [0.2, 0.25) is 0 Å². The zero-order valence-electron chi connectivity index (χ0n) is 17.6. The molecule has 2 aromatic carbocycles. The van der Waals surface area contributed by atoms with Crippen LogP contribution in [-0.2, 0) is 6.54 Å². The van der Waals surface area contributed by atoms with Crippen molar-refractivity contribution in [1.82, 2.24) is 9.47 Å². The third kappa shape index (κ3) is 3.94. The normalized spacial score (nSPS) is 14.5. The molecule has 1 saturated heterocycles. The smallest absolute Gasteiger partial charge is 0.270 e. The average Bonchev–Trinajstić information content (AvgIpc) is 3.15. The van der Waals surface area contributed by atoms with Crippen LogP contribution in [-0.4, -0.2) is 42.7 Å². The molecule has 1 amide bonds. The number of carbonyl (C=O) groups is 1. The maximum absolute atomic E-state index is 13.4. The first-order valence-electron chi connectivity index (χ1n) is 10.2. The van der Waals surface area contributed by atoms with Crippen LogP contribution >= 0.6 is 11.6 Å². The van der Waals surface area contributed by atoms with Gasteiger partial charge in [0.15, 0.2) is 0 Å². The second-order valence-electron chi connectivity index (χ2n) is 7.62. The molecule has 0 spiro atoms. The molecule has 0 unspecified atom stereocenters. The molecule has 6 nitrogen and oxygen atoms in total. The number of methoxy groups -OCH3 is 2. The third-order valence-electron chi connectivity index (χ3n) is 5.97. The number of amides is 1. The van der Waals surface area contributed by atoms with E-state index in [0.29, 0.717) is 23.8 Å². The fourth-order valence-corrected chi connectivity index (χ4v) is 4.66. The molecule has 0 radical (unpaired) electrons. The predicted molar refractivity (Wildman–Crippen MR) is 120 cm³/mol. The summed E-state index contributed by atoms with van der Waals surface area (Å²) in [7, 11) is 3.33. The molecule has 0 saturated carbocycles. The van der Waals surface area contributed by atoms with E-state index in [4.69, 9.17) is 21.1 Å². The fourth-order valence-electron chi connectivity index (χ4n) is 4.48. The number of aromatic nitrogens is 1. The van der Waals surface area contributed by atoms with Gasteiger partial charge in [0.05, 0.1) is 20.3 Å². The minimum absolute atomic E-state index is 0.0620. The van der Waals surface area contributed by atoms with Crippen molar-refractivity contribution in [3.8, 4) is 17.6 Å². The Morgan fingerprint density at radius 2 is 1.81 bits per heavy atom. The van der Waals surface area contributed by atoms with Crippen molar-refractivity contribution in [3.05, 3.63) is 58.7 Å². The number of fused-ring (bicyclic) bond motifs is 1. The molecule has 160 valence electrons. The van der Waals surface area contributed by atoms with Crippen LogP contribution in [0, 0.1) is 11.3 Å². The van der Waals surface area contributed by atoms with Crippen molar-refractivity contribution in [2.24, 2.45) is 0 Å². The maximum atomic E-state index is 13.4. The van der Waals surface area contributed by atoms with E-state index in [1.54, 1.807) is 24.9 Å². The highest BCUT2D eigenvalue weighted by Gasteiger charge is 2.30. The average molecular weight is 438 g/mol. The minimum atomic E-state index is -0.0620. The van der Waals surface area contributed by atoms with Crippen LogP contribution in [0.25, 0.3) is 10.9 Å². The standard InChI is InChI=1S/C24H24ClN3O3/c1-30-21-4-3-5-22(31-2)23(21)16-8-11-27(12-9-16)24(29)20-15-17-14-18(25)6-7-19(17)28(20)13-10-26/h3-7,14-16H,8-9,11-13H2,1-2H3. The van der Waals surface area contributed by atoms with Crippen molar-refractivity contribution < 1.29 is 14.3 Å². The molecule has 4 rings (SSSR count). The number of likely N-dealkylation sites (tertiary alicyclic amines) is 1. The lowest BCUT2D eigenvalue weighted by atomic mass is 9.88. The summed E-state index contributed by atoms with van der Waals surface area (Å²) in [6, 6.07) is 15.2. The monoisotopic (exact) mass is 437 g/mol. The van der Waals surface area contributed by atoms with Gasteiger partial charge in [0.1, 0.15) is 23.7 Å². The van der Waals surface area contributed by atoms with E-state index in [1.807, 2.05) is 41.3 Å². The predicted octanol–water partition coefficient (Wildman–Crippen LogP) is 4.86.